The first-order chi connectivity index (χ1) is 9.15. The summed E-state index contributed by atoms with van der Waals surface area (Å²) in [5, 5.41) is 0. The molecule has 2 rings (SSSR count). The minimum Gasteiger partial charge on any atom is -0.324 e. The maximum atomic E-state index is 6.32. The molecule has 1 aromatic rings. The molecule has 1 saturated carbocycles. The van der Waals surface area contributed by atoms with Crippen LogP contribution in [-0.4, -0.2) is 0 Å². The van der Waals surface area contributed by atoms with E-state index in [1.165, 1.54) is 43.2 Å². The van der Waals surface area contributed by atoms with Crippen molar-refractivity contribution in [3.05, 3.63) is 35.4 Å². The molecular weight excluding hydrogens is 230 g/mol. The lowest BCUT2D eigenvalue weighted by Gasteiger charge is -2.15. The largest absolute Gasteiger partial charge is 0.324 e. The monoisotopic (exact) mass is 259 g/mol. The number of benzene rings is 1. The van der Waals surface area contributed by atoms with Crippen LogP contribution in [0.25, 0.3) is 0 Å². The summed E-state index contributed by atoms with van der Waals surface area (Å²) in [6.45, 7) is 4.53. The predicted molar refractivity (Wildman–Crippen MR) is 83.1 cm³/mol. The van der Waals surface area contributed by atoms with Gasteiger partial charge in [0, 0.05) is 6.04 Å². The van der Waals surface area contributed by atoms with Gasteiger partial charge in [-0.15, -0.1) is 0 Å². The second-order valence-corrected chi connectivity index (χ2v) is 6.67. The molecule has 1 aromatic carbocycles. The van der Waals surface area contributed by atoms with Crippen LogP contribution in [0.2, 0.25) is 0 Å². The Morgan fingerprint density at radius 2 is 1.74 bits per heavy atom. The molecule has 1 heteroatoms. The zero-order valence-electron chi connectivity index (χ0n) is 12.6. The van der Waals surface area contributed by atoms with Crippen molar-refractivity contribution < 1.29 is 0 Å². The van der Waals surface area contributed by atoms with Crippen molar-refractivity contribution in [2.75, 3.05) is 0 Å². The average Bonchev–Trinajstić information content (AvgIpc) is 2.89. The molecular formula is C18H29N. The maximum Gasteiger partial charge on any atom is 0.0294 e. The Kier molecular flexibility index (Phi) is 5.45. The van der Waals surface area contributed by atoms with E-state index >= 15 is 0 Å². The van der Waals surface area contributed by atoms with E-state index in [0.717, 1.165) is 24.7 Å². The van der Waals surface area contributed by atoms with Crippen LogP contribution in [0, 0.1) is 11.8 Å². The summed E-state index contributed by atoms with van der Waals surface area (Å²) in [6, 6.07) is 9.21. The molecule has 1 nitrogen and oxygen atoms in total. The zero-order chi connectivity index (χ0) is 13.7. The predicted octanol–water partition coefficient (Wildman–Crippen LogP) is 4.86. The van der Waals surface area contributed by atoms with Crippen LogP contribution in [0.1, 0.15) is 69.5 Å². The summed E-state index contributed by atoms with van der Waals surface area (Å²) in [6.07, 6.45) is 9.36. The van der Waals surface area contributed by atoms with Gasteiger partial charge in [-0.3, -0.25) is 0 Å². The minimum atomic E-state index is 0.230. The van der Waals surface area contributed by atoms with E-state index < -0.39 is 0 Å². The van der Waals surface area contributed by atoms with Gasteiger partial charge >= 0.3 is 0 Å². The Bertz CT molecular complexity index is 360. The standard InChI is InChI=1S/C18H29N/c1-14(2)13-16-7-10-17(11-8-16)18(19)12-9-15-5-3-4-6-15/h7-8,10-11,14-15,18H,3-6,9,12-13,19H2,1-2H3. The van der Waals surface area contributed by atoms with Crippen molar-refractivity contribution in [3.8, 4) is 0 Å². The first-order valence-electron chi connectivity index (χ1n) is 7.99. The summed E-state index contributed by atoms with van der Waals surface area (Å²) < 4.78 is 0. The van der Waals surface area contributed by atoms with E-state index in [4.69, 9.17) is 5.73 Å². The lowest BCUT2D eigenvalue weighted by molar-refractivity contribution is 0.454. The molecule has 0 bridgehead atoms. The molecule has 1 aliphatic carbocycles. The Morgan fingerprint density at radius 1 is 1.11 bits per heavy atom. The van der Waals surface area contributed by atoms with E-state index in [-0.39, 0.29) is 6.04 Å². The summed E-state index contributed by atoms with van der Waals surface area (Å²) >= 11 is 0. The zero-order valence-corrected chi connectivity index (χ0v) is 12.6. The molecule has 0 radical (unpaired) electrons. The van der Waals surface area contributed by atoms with Gasteiger partial charge in [-0.1, -0.05) is 63.8 Å². The first-order valence-corrected chi connectivity index (χ1v) is 7.99. The molecule has 1 aliphatic rings. The lowest BCUT2D eigenvalue weighted by Crippen LogP contribution is -2.12. The van der Waals surface area contributed by atoms with E-state index in [0.29, 0.717) is 0 Å². The third-order valence-electron chi connectivity index (χ3n) is 4.41. The van der Waals surface area contributed by atoms with Crippen molar-refractivity contribution in [1.29, 1.82) is 0 Å². The quantitative estimate of drug-likeness (QED) is 0.776. The summed E-state index contributed by atoms with van der Waals surface area (Å²) in [5.74, 6) is 1.67. The topological polar surface area (TPSA) is 26.0 Å². The molecule has 106 valence electrons. The van der Waals surface area contributed by atoms with E-state index in [1.54, 1.807) is 0 Å². The number of hydrogen-bond acceptors (Lipinski definition) is 1. The van der Waals surface area contributed by atoms with Gasteiger partial charge in [0.2, 0.25) is 0 Å². The molecule has 0 spiro atoms. The molecule has 2 N–H and O–H groups in total. The van der Waals surface area contributed by atoms with Crippen LogP contribution in [-0.2, 0) is 6.42 Å². The normalized spacial score (nSPS) is 18.1. The van der Waals surface area contributed by atoms with E-state index in [2.05, 4.69) is 38.1 Å². The molecule has 1 unspecified atom stereocenters. The molecule has 0 saturated heterocycles. The van der Waals surface area contributed by atoms with Crippen LogP contribution in [0.4, 0.5) is 0 Å². The Morgan fingerprint density at radius 3 is 2.32 bits per heavy atom. The second-order valence-electron chi connectivity index (χ2n) is 6.67. The van der Waals surface area contributed by atoms with Gasteiger partial charge in [0.1, 0.15) is 0 Å². The number of hydrogen-bond donors (Lipinski definition) is 1. The van der Waals surface area contributed by atoms with Gasteiger partial charge in [0.15, 0.2) is 0 Å². The van der Waals surface area contributed by atoms with Crippen molar-refractivity contribution >= 4 is 0 Å². The maximum absolute atomic E-state index is 6.32. The number of rotatable bonds is 6. The summed E-state index contributed by atoms with van der Waals surface area (Å²) in [7, 11) is 0. The third kappa shape index (κ3) is 4.65. The van der Waals surface area contributed by atoms with Crippen LogP contribution in [0.15, 0.2) is 24.3 Å². The molecule has 1 fully saturated rings. The fraction of sp³-hybridized carbons (Fsp3) is 0.667. The fourth-order valence-electron chi connectivity index (χ4n) is 3.25. The van der Waals surface area contributed by atoms with Gasteiger partial charge in [-0.25, -0.2) is 0 Å². The average molecular weight is 259 g/mol. The SMILES string of the molecule is CC(C)Cc1ccc(C(N)CCC2CCCC2)cc1. The number of nitrogens with two attached hydrogens (primary N) is 1. The smallest absolute Gasteiger partial charge is 0.0294 e. The molecule has 0 aliphatic heterocycles. The summed E-state index contributed by atoms with van der Waals surface area (Å²) in [5.41, 5.74) is 9.07. The van der Waals surface area contributed by atoms with Crippen LogP contribution < -0.4 is 5.73 Å². The first kappa shape index (κ1) is 14.6. The highest BCUT2D eigenvalue weighted by Crippen LogP contribution is 2.30. The van der Waals surface area contributed by atoms with Gasteiger partial charge < -0.3 is 5.73 Å². The van der Waals surface area contributed by atoms with Gasteiger partial charge in [0.25, 0.3) is 0 Å². The molecule has 0 heterocycles. The van der Waals surface area contributed by atoms with E-state index in [9.17, 15) is 0 Å². The highest BCUT2D eigenvalue weighted by molar-refractivity contribution is 5.25. The van der Waals surface area contributed by atoms with Gasteiger partial charge in [-0.2, -0.15) is 0 Å². The Balaban J connectivity index is 1.82. The Hall–Kier alpha value is -0.820. The molecule has 19 heavy (non-hydrogen) atoms. The van der Waals surface area contributed by atoms with Crippen molar-refractivity contribution in [2.45, 2.75) is 64.8 Å². The van der Waals surface area contributed by atoms with Crippen molar-refractivity contribution in [2.24, 2.45) is 17.6 Å². The van der Waals surface area contributed by atoms with Crippen LogP contribution in [0.5, 0.6) is 0 Å². The van der Waals surface area contributed by atoms with Crippen molar-refractivity contribution in [3.63, 3.8) is 0 Å². The molecule has 0 aromatic heterocycles. The minimum absolute atomic E-state index is 0.230. The van der Waals surface area contributed by atoms with Gasteiger partial charge in [-0.05, 0) is 42.2 Å². The van der Waals surface area contributed by atoms with E-state index in [1.807, 2.05) is 0 Å². The van der Waals surface area contributed by atoms with Gasteiger partial charge in [0.05, 0.1) is 0 Å². The third-order valence-corrected chi connectivity index (χ3v) is 4.41. The second kappa shape index (κ2) is 7.09. The summed E-state index contributed by atoms with van der Waals surface area (Å²) in [4.78, 5) is 0. The fourth-order valence-corrected chi connectivity index (χ4v) is 3.25. The van der Waals surface area contributed by atoms with Crippen molar-refractivity contribution in [1.82, 2.24) is 0 Å². The van der Waals surface area contributed by atoms with Crippen LogP contribution >= 0.6 is 0 Å². The molecule has 0 amide bonds. The van der Waals surface area contributed by atoms with Crippen LogP contribution in [0.3, 0.4) is 0 Å². The lowest BCUT2D eigenvalue weighted by atomic mass is 9.94. The molecule has 1 atom stereocenters. The highest BCUT2D eigenvalue weighted by atomic mass is 14.6. The Labute approximate surface area is 118 Å². The highest BCUT2D eigenvalue weighted by Gasteiger charge is 2.16.